The summed E-state index contributed by atoms with van der Waals surface area (Å²) in [6, 6.07) is 1.25. The molecule has 5 nitrogen and oxygen atoms in total. The lowest BCUT2D eigenvalue weighted by molar-refractivity contribution is 0.0523. The summed E-state index contributed by atoms with van der Waals surface area (Å²) >= 11 is 0. The van der Waals surface area contributed by atoms with Crippen LogP contribution >= 0.6 is 0 Å². The van der Waals surface area contributed by atoms with E-state index in [-0.39, 0.29) is 12.4 Å². The first-order chi connectivity index (χ1) is 8.31. The van der Waals surface area contributed by atoms with Crippen molar-refractivity contribution in [3.63, 3.8) is 0 Å². The minimum absolute atomic E-state index is 0.0862. The van der Waals surface area contributed by atoms with E-state index in [1.807, 2.05) is 0 Å². The van der Waals surface area contributed by atoms with Gasteiger partial charge in [-0.15, -0.1) is 0 Å². The lowest BCUT2D eigenvalue weighted by Crippen LogP contribution is -2.32. The highest BCUT2D eigenvalue weighted by Crippen LogP contribution is 2.15. The highest BCUT2D eigenvalue weighted by atomic mass is 19.1. The van der Waals surface area contributed by atoms with Crippen LogP contribution in [0.4, 0.5) is 9.18 Å². The molecule has 0 aromatic carbocycles. The molecule has 1 aromatic heterocycles. The van der Waals surface area contributed by atoms with Gasteiger partial charge < -0.3 is 14.8 Å². The van der Waals surface area contributed by atoms with E-state index in [2.05, 4.69) is 10.3 Å². The molecule has 0 saturated carbocycles. The third kappa shape index (κ3) is 4.57. The van der Waals surface area contributed by atoms with Crippen LogP contribution < -0.4 is 10.1 Å². The van der Waals surface area contributed by atoms with Gasteiger partial charge in [0.1, 0.15) is 11.4 Å². The summed E-state index contributed by atoms with van der Waals surface area (Å²) in [5.74, 6) is -0.218. The van der Waals surface area contributed by atoms with Crippen molar-refractivity contribution in [2.45, 2.75) is 32.9 Å². The Morgan fingerprint density at radius 3 is 2.72 bits per heavy atom. The standard InChI is InChI=1S/C12H17FN2O3/c1-12(2,3)18-11(16)15-6-8-5-9(13)7-14-10(8)17-4/h5,7H,6H2,1-4H3,(H,15,16). The summed E-state index contributed by atoms with van der Waals surface area (Å²) in [7, 11) is 1.43. The number of halogens is 1. The molecule has 1 aromatic rings. The van der Waals surface area contributed by atoms with Crippen LogP contribution in [0.15, 0.2) is 12.3 Å². The summed E-state index contributed by atoms with van der Waals surface area (Å²) in [5, 5.41) is 2.51. The Bertz CT molecular complexity index is 430. The van der Waals surface area contributed by atoms with E-state index in [0.717, 1.165) is 6.20 Å². The van der Waals surface area contributed by atoms with Crippen molar-refractivity contribution in [3.05, 3.63) is 23.6 Å². The smallest absolute Gasteiger partial charge is 0.407 e. The SMILES string of the molecule is COc1ncc(F)cc1CNC(=O)OC(C)(C)C. The fourth-order valence-electron chi connectivity index (χ4n) is 1.26. The number of nitrogens with zero attached hydrogens (tertiary/aromatic N) is 1. The van der Waals surface area contributed by atoms with Gasteiger partial charge in [0.2, 0.25) is 5.88 Å². The van der Waals surface area contributed by atoms with Crippen molar-refractivity contribution >= 4 is 6.09 Å². The van der Waals surface area contributed by atoms with Crippen molar-refractivity contribution in [2.24, 2.45) is 0 Å². The Kier molecular flexibility index (Phi) is 4.47. The average molecular weight is 256 g/mol. The van der Waals surface area contributed by atoms with Gasteiger partial charge >= 0.3 is 6.09 Å². The lowest BCUT2D eigenvalue weighted by Gasteiger charge is -2.19. The van der Waals surface area contributed by atoms with E-state index in [1.54, 1.807) is 20.8 Å². The Balaban J connectivity index is 2.63. The maximum Gasteiger partial charge on any atom is 0.407 e. The molecule has 0 bridgehead atoms. The van der Waals surface area contributed by atoms with E-state index in [4.69, 9.17) is 9.47 Å². The number of alkyl carbamates (subject to hydrolysis) is 1. The predicted octanol–water partition coefficient (Wildman–Crippen LogP) is 2.25. The van der Waals surface area contributed by atoms with Gasteiger partial charge in [-0.3, -0.25) is 0 Å². The van der Waals surface area contributed by atoms with Crippen LogP contribution in [-0.4, -0.2) is 23.8 Å². The number of carbonyl (C=O) groups excluding carboxylic acids is 1. The van der Waals surface area contributed by atoms with Gasteiger partial charge in [0.05, 0.1) is 19.9 Å². The molecule has 1 N–H and O–H groups in total. The summed E-state index contributed by atoms with van der Waals surface area (Å²) in [4.78, 5) is 15.2. The molecule has 0 spiro atoms. The number of hydrogen-bond donors (Lipinski definition) is 1. The van der Waals surface area contributed by atoms with E-state index < -0.39 is 17.5 Å². The molecule has 0 aliphatic heterocycles. The molecule has 0 fully saturated rings. The van der Waals surface area contributed by atoms with Crippen LogP contribution in [0, 0.1) is 5.82 Å². The number of carbonyl (C=O) groups is 1. The number of nitrogens with one attached hydrogen (secondary N) is 1. The molecule has 0 radical (unpaired) electrons. The first kappa shape index (κ1) is 14.2. The molecule has 100 valence electrons. The number of rotatable bonds is 3. The second-order valence-corrected chi connectivity index (χ2v) is 4.68. The van der Waals surface area contributed by atoms with Crippen molar-refractivity contribution in [3.8, 4) is 5.88 Å². The molecule has 0 aliphatic rings. The Hall–Kier alpha value is -1.85. The lowest BCUT2D eigenvalue weighted by atomic mass is 10.2. The van der Waals surface area contributed by atoms with E-state index in [0.29, 0.717) is 5.56 Å². The maximum absolute atomic E-state index is 13.0. The zero-order chi connectivity index (χ0) is 13.8. The Labute approximate surface area is 105 Å². The van der Waals surface area contributed by atoms with Gasteiger partial charge in [-0.05, 0) is 26.8 Å². The van der Waals surface area contributed by atoms with Gasteiger partial charge in [-0.1, -0.05) is 0 Å². The van der Waals surface area contributed by atoms with E-state index in [9.17, 15) is 9.18 Å². The van der Waals surface area contributed by atoms with Crippen LogP contribution in [0.3, 0.4) is 0 Å². The number of aromatic nitrogens is 1. The topological polar surface area (TPSA) is 60.5 Å². The summed E-state index contributed by atoms with van der Waals surface area (Å²) in [5.41, 5.74) is -0.127. The van der Waals surface area contributed by atoms with Crippen LogP contribution in [0.5, 0.6) is 5.88 Å². The normalized spacial score (nSPS) is 10.9. The summed E-state index contributed by atoms with van der Waals surface area (Å²) < 4.78 is 23.0. The maximum atomic E-state index is 13.0. The molecule has 0 aliphatic carbocycles. The van der Waals surface area contributed by atoms with Crippen molar-refractivity contribution < 1.29 is 18.7 Å². The largest absolute Gasteiger partial charge is 0.481 e. The molecule has 1 heterocycles. The van der Waals surface area contributed by atoms with Crippen LogP contribution in [-0.2, 0) is 11.3 Å². The number of amides is 1. The fourth-order valence-corrected chi connectivity index (χ4v) is 1.26. The minimum atomic E-state index is -0.575. The van der Waals surface area contributed by atoms with Gasteiger partial charge in [-0.25, -0.2) is 14.2 Å². The molecule has 1 rings (SSSR count). The van der Waals surface area contributed by atoms with Crippen LogP contribution in [0.25, 0.3) is 0 Å². The average Bonchev–Trinajstić information content (AvgIpc) is 2.24. The molecule has 0 atom stereocenters. The number of methoxy groups -OCH3 is 1. The summed E-state index contributed by atoms with van der Waals surface area (Å²) in [6.07, 6.45) is 0.476. The van der Waals surface area contributed by atoms with Gasteiger partial charge in [0.15, 0.2) is 0 Å². The van der Waals surface area contributed by atoms with Gasteiger partial charge in [-0.2, -0.15) is 0 Å². The van der Waals surface area contributed by atoms with Crippen molar-refractivity contribution in [1.29, 1.82) is 0 Å². The molecule has 18 heavy (non-hydrogen) atoms. The van der Waals surface area contributed by atoms with Crippen molar-refractivity contribution in [2.75, 3.05) is 7.11 Å². The highest BCUT2D eigenvalue weighted by molar-refractivity contribution is 5.67. The number of pyridine rings is 1. The molecule has 1 amide bonds. The quantitative estimate of drug-likeness (QED) is 0.901. The van der Waals surface area contributed by atoms with Gasteiger partial charge in [0.25, 0.3) is 0 Å². The third-order valence-electron chi connectivity index (χ3n) is 1.91. The van der Waals surface area contributed by atoms with Crippen molar-refractivity contribution in [1.82, 2.24) is 10.3 Å². The fraction of sp³-hybridized carbons (Fsp3) is 0.500. The van der Waals surface area contributed by atoms with Crippen LogP contribution in [0.2, 0.25) is 0 Å². The third-order valence-corrected chi connectivity index (χ3v) is 1.91. The minimum Gasteiger partial charge on any atom is -0.481 e. The Morgan fingerprint density at radius 2 is 2.17 bits per heavy atom. The number of hydrogen-bond acceptors (Lipinski definition) is 4. The monoisotopic (exact) mass is 256 g/mol. The Morgan fingerprint density at radius 1 is 1.50 bits per heavy atom. The predicted molar refractivity (Wildman–Crippen MR) is 63.8 cm³/mol. The number of ether oxygens (including phenoxy) is 2. The molecular weight excluding hydrogens is 239 g/mol. The van der Waals surface area contributed by atoms with E-state index in [1.165, 1.54) is 13.2 Å². The summed E-state index contributed by atoms with van der Waals surface area (Å²) in [6.45, 7) is 5.37. The first-order valence-electron chi connectivity index (χ1n) is 5.47. The molecule has 6 heteroatoms. The molecule has 0 saturated heterocycles. The highest BCUT2D eigenvalue weighted by Gasteiger charge is 2.16. The second-order valence-electron chi connectivity index (χ2n) is 4.68. The van der Waals surface area contributed by atoms with E-state index >= 15 is 0 Å². The van der Waals surface area contributed by atoms with Gasteiger partial charge in [0, 0.05) is 5.56 Å². The zero-order valence-electron chi connectivity index (χ0n) is 10.9. The molecule has 0 unspecified atom stereocenters. The van der Waals surface area contributed by atoms with Crippen LogP contribution in [0.1, 0.15) is 26.3 Å². The molecular formula is C12H17FN2O3. The first-order valence-corrected chi connectivity index (χ1v) is 5.47. The second kappa shape index (κ2) is 5.66. The zero-order valence-corrected chi connectivity index (χ0v) is 10.9.